The first-order valence-corrected chi connectivity index (χ1v) is 11.2. The van der Waals surface area contributed by atoms with Crippen molar-refractivity contribution >= 4 is 38.5 Å². The fraction of sp³-hybridized carbons (Fsp3) is 0.316. The van der Waals surface area contributed by atoms with Gasteiger partial charge in [-0.15, -0.1) is 0 Å². The number of nitrogens with zero attached hydrogens (tertiary/aromatic N) is 1. The molecule has 0 aliphatic carbocycles. The number of carboxylic acid groups (broad SMARTS) is 1. The summed E-state index contributed by atoms with van der Waals surface area (Å²) in [7, 11) is -3.78. The van der Waals surface area contributed by atoms with E-state index in [4.69, 9.17) is 0 Å². The second-order valence-corrected chi connectivity index (χ2v) is 9.94. The van der Waals surface area contributed by atoms with Crippen LogP contribution in [0.4, 0.5) is 8.78 Å². The summed E-state index contributed by atoms with van der Waals surface area (Å²) in [6.45, 7) is 5.36. The molecule has 1 aromatic carbocycles. The zero-order chi connectivity index (χ0) is 20.8. The van der Waals surface area contributed by atoms with Gasteiger partial charge in [-0.2, -0.15) is 0 Å². The minimum absolute atomic E-state index is 0.146. The lowest BCUT2D eigenvalue weighted by Gasteiger charge is -2.11. The van der Waals surface area contributed by atoms with Gasteiger partial charge in [0.15, 0.2) is 9.84 Å². The lowest BCUT2D eigenvalue weighted by Crippen LogP contribution is -2.04. The average Bonchev–Trinajstić information content (AvgIpc) is 3.12. The molecule has 0 bridgehead atoms. The molecule has 0 amide bonds. The van der Waals surface area contributed by atoms with Gasteiger partial charge >= 0.3 is 5.97 Å². The van der Waals surface area contributed by atoms with Crippen LogP contribution in [-0.2, 0) is 21.2 Å². The number of halogens is 2. The maximum absolute atomic E-state index is 14.2. The van der Waals surface area contributed by atoms with E-state index in [0.29, 0.717) is 34.5 Å². The number of carboxylic acids is 1. The first-order chi connectivity index (χ1) is 13.0. The van der Waals surface area contributed by atoms with Crippen LogP contribution < -0.4 is 0 Å². The normalized spacial score (nSPS) is 17.5. The fourth-order valence-electron chi connectivity index (χ4n) is 3.61. The number of rotatable bonds is 6. The zero-order valence-electron chi connectivity index (χ0n) is 15.3. The Hall–Kier alpha value is -2.13. The van der Waals surface area contributed by atoms with Crippen molar-refractivity contribution in [3.8, 4) is 0 Å². The van der Waals surface area contributed by atoms with E-state index in [1.807, 2.05) is 0 Å². The summed E-state index contributed by atoms with van der Waals surface area (Å²) in [5, 5.41) is 9.55. The van der Waals surface area contributed by atoms with Gasteiger partial charge in [0.1, 0.15) is 11.6 Å². The van der Waals surface area contributed by atoms with Gasteiger partial charge < -0.3 is 9.67 Å². The van der Waals surface area contributed by atoms with Crippen molar-refractivity contribution in [3.05, 3.63) is 47.0 Å². The fourth-order valence-corrected chi connectivity index (χ4v) is 5.76. The first-order valence-electron chi connectivity index (χ1n) is 8.48. The molecule has 1 aliphatic heterocycles. The van der Waals surface area contributed by atoms with Gasteiger partial charge in [0.2, 0.25) is 0 Å². The molecule has 9 heteroatoms. The van der Waals surface area contributed by atoms with Gasteiger partial charge in [-0.05, 0) is 31.6 Å². The number of thioether (sulfide) groups is 1. The third-order valence-electron chi connectivity index (χ3n) is 4.77. The third-order valence-corrected chi connectivity index (χ3v) is 7.01. The van der Waals surface area contributed by atoms with Crippen molar-refractivity contribution in [3.63, 3.8) is 0 Å². The predicted molar refractivity (Wildman–Crippen MR) is 104 cm³/mol. The van der Waals surface area contributed by atoms with E-state index >= 15 is 0 Å². The summed E-state index contributed by atoms with van der Waals surface area (Å²) in [4.78, 5) is 11.8. The lowest BCUT2D eigenvalue weighted by molar-refractivity contribution is -0.137. The summed E-state index contributed by atoms with van der Waals surface area (Å²) >= 11 is 1.02. The van der Waals surface area contributed by atoms with Gasteiger partial charge in [-0.1, -0.05) is 18.3 Å². The summed E-state index contributed by atoms with van der Waals surface area (Å²) in [5.41, 5.74) is 0.978. The van der Waals surface area contributed by atoms with Gasteiger partial charge in [0.25, 0.3) is 0 Å². The molecule has 0 spiro atoms. The number of aromatic nitrogens is 1. The molecule has 1 aliphatic rings. The molecule has 5 nitrogen and oxygen atoms in total. The average molecular weight is 427 g/mol. The molecule has 1 unspecified atom stereocenters. The molecular formula is C19H19F2NO4S2. The van der Waals surface area contributed by atoms with Crippen molar-refractivity contribution < 1.29 is 27.1 Å². The number of sulfone groups is 1. The molecule has 28 heavy (non-hydrogen) atoms. The summed E-state index contributed by atoms with van der Waals surface area (Å²) in [5.74, 6) is -2.62. The largest absolute Gasteiger partial charge is 0.481 e. The monoisotopic (exact) mass is 427 g/mol. The van der Waals surface area contributed by atoms with E-state index < -0.39 is 27.5 Å². The van der Waals surface area contributed by atoms with Crippen LogP contribution in [0, 0.1) is 5.82 Å². The Morgan fingerprint density at radius 2 is 2.14 bits per heavy atom. The van der Waals surface area contributed by atoms with E-state index in [9.17, 15) is 27.1 Å². The third kappa shape index (κ3) is 3.60. The van der Waals surface area contributed by atoms with Crippen molar-refractivity contribution in [1.29, 1.82) is 0 Å². The highest BCUT2D eigenvalue weighted by molar-refractivity contribution is 8.03. The number of benzene rings is 1. The Kier molecular flexibility index (Phi) is 5.42. The lowest BCUT2D eigenvalue weighted by atomic mass is 10.0. The van der Waals surface area contributed by atoms with E-state index in [-0.39, 0.29) is 22.1 Å². The maximum Gasteiger partial charge on any atom is 0.304 e. The van der Waals surface area contributed by atoms with Crippen molar-refractivity contribution in [2.45, 2.75) is 42.0 Å². The van der Waals surface area contributed by atoms with Gasteiger partial charge in [0, 0.05) is 39.6 Å². The molecule has 3 rings (SSSR count). The quantitative estimate of drug-likeness (QED) is 0.538. The minimum Gasteiger partial charge on any atom is -0.481 e. The van der Waals surface area contributed by atoms with Crippen LogP contribution >= 0.6 is 11.8 Å². The molecule has 0 fully saturated rings. The highest BCUT2D eigenvalue weighted by atomic mass is 32.2. The molecule has 150 valence electrons. The Morgan fingerprint density at radius 3 is 2.71 bits per heavy atom. The van der Waals surface area contributed by atoms with Crippen molar-refractivity contribution in [1.82, 2.24) is 4.57 Å². The molecule has 0 radical (unpaired) electrons. The van der Waals surface area contributed by atoms with Crippen LogP contribution in [-0.4, -0.2) is 30.3 Å². The molecule has 0 saturated carbocycles. The molecular weight excluding hydrogens is 408 g/mol. The van der Waals surface area contributed by atoms with Crippen molar-refractivity contribution in [2.75, 3.05) is 6.26 Å². The SMILES string of the molecule is C=C/C(F)=C(\C)Sc1c2n(c3cc(F)cc(S(C)(=O)=O)c13)CCC2CC(=O)O. The molecule has 1 aromatic heterocycles. The molecule has 2 heterocycles. The Morgan fingerprint density at radius 1 is 1.46 bits per heavy atom. The van der Waals surface area contributed by atoms with Crippen molar-refractivity contribution in [2.24, 2.45) is 0 Å². The van der Waals surface area contributed by atoms with Crippen LogP contribution in [0.5, 0.6) is 0 Å². The topological polar surface area (TPSA) is 76.4 Å². The summed E-state index contributed by atoms with van der Waals surface area (Å²) in [6.07, 6.45) is 2.42. The smallest absolute Gasteiger partial charge is 0.304 e. The second kappa shape index (κ2) is 7.36. The summed E-state index contributed by atoms with van der Waals surface area (Å²) in [6, 6.07) is 2.19. The second-order valence-electron chi connectivity index (χ2n) is 6.73. The van der Waals surface area contributed by atoms with E-state index in [0.717, 1.165) is 30.2 Å². The molecule has 0 saturated heterocycles. The zero-order valence-corrected chi connectivity index (χ0v) is 17.0. The minimum atomic E-state index is -3.78. The number of carbonyl (C=O) groups is 1. The number of hydrogen-bond acceptors (Lipinski definition) is 4. The highest BCUT2D eigenvalue weighted by Crippen LogP contribution is 2.48. The Labute approximate surface area is 165 Å². The predicted octanol–water partition coefficient (Wildman–Crippen LogP) is 4.63. The Bertz CT molecular complexity index is 1130. The van der Waals surface area contributed by atoms with Gasteiger partial charge in [0.05, 0.1) is 16.8 Å². The van der Waals surface area contributed by atoms with E-state index in [1.54, 1.807) is 4.57 Å². The molecule has 2 aromatic rings. The van der Waals surface area contributed by atoms with Crippen LogP contribution in [0.25, 0.3) is 10.9 Å². The summed E-state index contributed by atoms with van der Waals surface area (Å²) < 4.78 is 54.6. The number of aliphatic carboxylic acids is 1. The molecule has 1 atom stereocenters. The number of hydrogen-bond donors (Lipinski definition) is 1. The number of allylic oxidation sites excluding steroid dienone is 3. The van der Waals surface area contributed by atoms with Gasteiger partial charge in [-0.3, -0.25) is 4.79 Å². The van der Waals surface area contributed by atoms with Crippen LogP contribution in [0.1, 0.15) is 31.4 Å². The number of aryl methyl sites for hydroxylation is 1. The van der Waals surface area contributed by atoms with Gasteiger partial charge in [-0.25, -0.2) is 17.2 Å². The number of fused-ring (bicyclic) bond motifs is 3. The van der Waals surface area contributed by atoms with Crippen LogP contribution in [0.3, 0.4) is 0 Å². The molecule has 1 N–H and O–H groups in total. The Balaban J connectivity index is 2.40. The van der Waals surface area contributed by atoms with Crippen LogP contribution in [0.15, 0.2) is 45.3 Å². The highest BCUT2D eigenvalue weighted by Gasteiger charge is 2.34. The van der Waals surface area contributed by atoms with E-state index in [2.05, 4.69) is 6.58 Å². The van der Waals surface area contributed by atoms with Crippen LogP contribution in [0.2, 0.25) is 0 Å². The standard InChI is InChI=1S/C19H19F2NO4S2/c1-4-13(21)10(2)27-19-17-14(8-12(20)9-15(17)28(3,25)26)22-6-5-11(18(19)22)7-16(23)24/h4,8-9,11H,1,5-7H2,2-3H3,(H,23,24)/b13-10-. The van der Waals surface area contributed by atoms with E-state index in [1.165, 1.54) is 13.0 Å². The first kappa shape index (κ1) is 20.6. The maximum atomic E-state index is 14.2.